The number of rotatable bonds is 8. The van der Waals surface area contributed by atoms with Crippen molar-refractivity contribution in [3.8, 4) is 0 Å². The van der Waals surface area contributed by atoms with Gasteiger partial charge in [-0.05, 0) is 37.6 Å². The first kappa shape index (κ1) is 17.0. The molecule has 0 heterocycles. The minimum absolute atomic E-state index is 0.0247. The van der Waals surface area contributed by atoms with Gasteiger partial charge >= 0.3 is 0 Å². The van der Waals surface area contributed by atoms with Crippen LogP contribution in [0.4, 0.5) is 5.69 Å². The van der Waals surface area contributed by atoms with Crippen molar-refractivity contribution in [1.29, 1.82) is 0 Å². The molecule has 0 spiro atoms. The number of halogens is 1. The maximum atomic E-state index is 11.5. The highest BCUT2D eigenvalue weighted by Gasteiger charge is 2.10. The Morgan fingerprint density at radius 2 is 2.10 bits per heavy atom. The van der Waals surface area contributed by atoms with Crippen molar-refractivity contribution in [2.24, 2.45) is 0 Å². The monoisotopic (exact) mass is 341 g/mol. The van der Waals surface area contributed by atoms with E-state index >= 15 is 0 Å². The minimum Gasteiger partial charge on any atom is -0.362 e. The van der Waals surface area contributed by atoms with Crippen LogP contribution in [-0.4, -0.2) is 32.6 Å². The first-order valence-electron chi connectivity index (χ1n) is 7.07. The van der Waals surface area contributed by atoms with Crippen molar-refractivity contribution < 1.29 is 4.79 Å². The SMILES string of the molecule is CCCNCc1ccc(N(CC)CC(=O)NC)cc1Br. The minimum atomic E-state index is 0.0247. The highest BCUT2D eigenvalue weighted by Crippen LogP contribution is 2.24. The van der Waals surface area contributed by atoms with Crippen LogP contribution < -0.4 is 15.5 Å². The number of benzene rings is 1. The van der Waals surface area contributed by atoms with Crippen LogP contribution in [0, 0.1) is 0 Å². The normalized spacial score (nSPS) is 10.4. The van der Waals surface area contributed by atoms with Crippen molar-refractivity contribution in [3.63, 3.8) is 0 Å². The van der Waals surface area contributed by atoms with E-state index in [1.54, 1.807) is 7.05 Å². The topological polar surface area (TPSA) is 44.4 Å². The molecule has 0 aliphatic rings. The number of hydrogen-bond acceptors (Lipinski definition) is 3. The second-order valence-electron chi connectivity index (χ2n) is 4.64. The molecule has 1 aromatic carbocycles. The number of carbonyl (C=O) groups is 1. The molecule has 0 fully saturated rings. The largest absolute Gasteiger partial charge is 0.362 e. The zero-order valence-electron chi connectivity index (χ0n) is 12.5. The van der Waals surface area contributed by atoms with Gasteiger partial charge in [-0.3, -0.25) is 4.79 Å². The van der Waals surface area contributed by atoms with Crippen molar-refractivity contribution in [3.05, 3.63) is 28.2 Å². The van der Waals surface area contributed by atoms with E-state index < -0.39 is 0 Å². The molecule has 5 heteroatoms. The Morgan fingerprint density at radius 1 is 1.35 bits per heavy atom. The Balaban J connectivity index is 2.75. The predicted molar refractivity (Wildman–Crippen MR) is 88.1 cm³/mol. The molecule has 4 nitrogen and oxygen atoms in total. The van der Waals surface area contributed by atoms with E-state index in [1.165, 1.54) is 5.56 Å². The van der Waals surface area contributed by atoms with Crippen molar-refractivity contribution in [2.75, 3.05) is 31.6 Å². The van der Waals surface area contributed by atoms with Gasteiger partial charge in [0.15, 0.2) is 0 Å². The molecule has 1 amide bonds. The molecule has 112 valence electrons. The summed E-state index contributed by atoms with van der Waals surface area (Å²) in [5.74, 6) is 0.0247. The highest BCUT2D eigenvalue weighted by atomic mass is 79.9. The summed E-state index contributed by atoms with van der Waals surface area (Å²) in [7, 11) is 1.66. The van der Waals surface area contributed by atoms with Crippen molar-refractivity contribution >= 4 is 27.5 Å². The molecule has 0 atom stereocenters. The van der Waals surface area contributed by atoms with E-state index in [0.717, 1.165) is 36.2 Å². The zero-order valence-corrected chi connectivity index (χ0v) is 14.1. The van der Waals surface area contributed by atoms with E-state index in [1.807, 2.05) is 11.8 Å². The fourth-order valence-electron chi connectivity index (χ4n) is 1.91. The fraction of sp³-hybridized carbons (Fsp3) is 0.533. The number of nitrogens with one attached hydrogen (secondary N) is 2. The van der Waals surface area contributed by atoms with Gasteiger partial charge in [0.1, 0.15) is 0 Å². The Kier molecular flexibility index (Phi) is 7.62. The standard InChI is InChI=1S/C15H24BrN3O/c1-4-8-18-10-12-6-7-13(9-14(12)16)19(5-2)11-15(20)17-3/h6-7,9,18H,4-5,8,10-11H2,1-3H3,(H,17,20). The molecule has 0 saturated carbocycles. The number of anilines is 1. The van der Waals surface area contributed by atoms with E-state index in [0.29, 0.717) is 6.54 Å². The molecule has 1 aromatic rings. The van der Waals surface area contributed by atoms with Crippen LogP contribution in [0.2, 0.25) is 0 Å². The predicted octanol–water partition coefficient (Wildman–Crippen LogP) is 2.52. The Labute approximate surface area is 130 Å². The number of likely N-dealkylation sites (N-methyl/N-ethyl adjacent to an activating group) is 2. The molecule has 0 aliphatic carbocycles. The molecule has 0 bridgehead atoms. The van der Waals surface area contributed by atoms with Crippen molar-refractivity contribution in [1.82, 2.24) is 10.6 Å². The first-order valence-corrected chi connectivity index (χ1v) is 7.86. The third kappa shape index (κ3) is 5.13. The molecule has 0 aromatic heterocycles. The summed E-state index contributed by atoms with van der Waals surface area (Å²) >= 11 is 3.61. The van der Waals surface area contributed by atoms with E-state index in [4.69, 9.17) is 0 Å². The van der Waals surface area contributed by atoms with Crippen LogP contribution in [-0.2, 0) is 11.3 Å². The van der Waals surface area contributed by atoms with Gasteiger partial charge in [0, 0.05) is 30.3 Å². The van der Waals surface area contributed by atoms with Crippen LogP contribution in [0.1, 0.15) is 25.8 Å². The van der Waals surface area contributed by atoms with Gasteiger partial charge in [-0.1, -0.05) is 28.9 Å². The number of nitrogens with zero attached hydrogens (tertiary/aromatic N) is 1. The fourth-order valence-corrected chi connectivity index (χ4v) is 2.42. The molecular formula is C15H24BrN3O. The second kappa shape index (κ2) is 8.97. The third-order valence-corrected chi connectivity index (χ3v) is 3.88. The lowest BCUT2D eigenvalue weighted by Gasteiger charge is -2.23. The average molecular weight is 342 g/mol. The molecular weight excluding hydrogens is 318 g/mol. The van der Waals surface area contributed by atoms with Crippen LogP contribution in [0.25, 0.3) is 0 Å². The number of amides is 1. The molecule has 0 aliphatic heterocycles. The summed E-state index contributed by atoms with van der Waals surface area (Å²) in [6.45, 7) is 7.26. The number of carbonyl (C=O) groups excluding carboxylic acids is 1. The Morgan fingerprint density at radius 3 is 2.65 bits per heavy atom. The Bertz CT molecular complexity index is 437. The molecule has 0 saturated heterocycles. The lowest BCUT2D eigenvalue weighted by molar-refractivity contribution is -0.119. The number of hydrogen-bond donors (Lipinski definition) is 2. The second-order valence-corrected chi connectivity index (χ2v) is 5.49. The molecule has 0 radical (unpaired) electrons. The van der Waals surface area contributed by atoms with Gasteiger partial charge in [-0.2, -0.15) is 0 Å². The average Bonchev–Trinajstić information content (AvgIpc) is 2.46. The maximum absolute atomic E-state index is 11.5. The summed E-state index contributed by atoms with van der Waals surface area (Å²) in [5.41, 5.74) is 2.29. The van der Waals surface area contributed by atoms with Crippen molar-refractivity contribution in [2.45, 2.75) is 26.8 Å². The van der Waals surface area contributed by atoms with Gasteiger partial charge in [0.2, 0.25) is 5.91 Å². The van der Waals surface area contributed by atoms with Gasteiger partial charge < -0.3 is 15.5 Å². The first-order chi connectivity index (χ1) is 9.62. The van der Waals surface area contributed by atoms with Gasteiger partial charge in [-0.25, -0.2) is 0 Å². The molecule has 2 N–H and O–H groups in total. The van der Waals surface area contributed by atoms with E-state index in [-0.39, 0.29) is 5.91 Å². The van der Waals surface area contributed by atoms with Gasteiger partial charge in [-0.15, -0.1) is 0 Å². The van der Waals surface area contributed by atoms with Gasteiger partial charge in [0.25, 0.3) is 0 Å². The lowest BCUT2D eigenvalue weighted by atomic mass is 10.2. The molecule has 1 rings (SSSR count). The summed E-state index contributed by atoms with van der Waals surface area (Å²) in [6, 6.07) is 6.25. The van der Waals surface area contributed by atoms with E-state index in [2.05, 4.69) is 51.7 Å². The maximum Gasteiger partial charge on any atom is 0.239 e. The highest BCUT2D eigenvalue weighted by molar-refractivity contribution is 9.10. The quantitative estimate of drug-likeness (QED) is 0.714. The van der Waals surface area contributed by atoms with Crippen LogP contribution in [0.3, 0.4) is 0 Å². The van der Waals surface area contributed by atoms with Crippen LogP contribution in [0.5, 0.6) is 0 Å². The molecule has 0 unspecified atom stereocenters. The lowest BCUT2D eigenvalue weighted by Crippen LogP contribution is -2.35. The van der Waals surface area contributed by atoms with Crippen LogP contribution >= 0.6 is 15.9 Å². The van der Waals surface area contributed by atoms with E-state index in [9.17, 15) is 4.79 Å². The smallest absolute Gasteiger partial charge is 0.239 e. The zero-order chi connectivity index (χ0) is 15.0. The van der Waals surface area contributed by atoms with Gasteiger partial charge in [0.05, 0.1) is 6.54 Å². The summed E-state index contributed by atoms with van der Waals surface area (Å²) in [6.07, 6.45) is 1.13. The Hall–Kier alpha value is -1.07. The summed E-state index contributed by atoms with van der Waals surface area (Å²) in [5, 5.41) is 6.05. The summed E-state index contributed by atoms with van der Waals surface area (Å²) in [4.78, 5) is 13.6. The molecule has 20 heavy (non-hydrogen) atoms. The summed E-state index contributed by atoms with van der Waals surface area (Å²) < 4.78 is 1.08. The third-order valence-electron chi connectivity index (χ3n) is 3.14. The van der Waals surface area contributed by atoms with Crippen LogP contribution in [0.15, 0.2) is 22.7 Å².